The first-order chi connectivity index (χ1) is 13.2. The highest BCUT2D eigenvalue weighted by Gasteiger charge is 2.21. The molecule has 0 atom stereocenters. The highest BCUT2D eigenvalue weighted by atomic mass is 32.2. The quantitative estimate of drug-likeness (QED) is 0.692. The Hall–Kier alpha value is -2.74. The summed E-state index contributed by atoms with van der Waals surface area (Å²) in [7, 11) is -2.15. The van der Waals surface area contributed by atoms with E-state index in [4.69, 9.17) is 9.47 Å². The fourth-order valence-corrected chi connectivity index (χ4v) is 3.40. The van der Waals surface area contributed by atoms with E-state index in [0.717, 1.165) is 21.9 Å². The van der Waals surface area contributed by atoms with E-state index in [1.807, 2.05) is 38.1 Å². The van der Waals surface area contributed by atoms with Crippen LogP contribution in [-0.2, 0) is 21.4 Å². The van der Waals surface area contributed by atoms with Crippen molar-refractivity contribution in [2.75, 3.05) is 24.2 Å². The summed E-state index contributed by atoms with van der Waals surface area (Å²) in [6.45, 7) is 3.82. The number of ether oxygens (including phenoxy) is 2. The average Bonchev–Trinajstić information content (AvgIpc) is 2.63. The van der Waals surface area contributed by atoms with Crippen molar-refractivity contribution in [1.82, 2.24) is 5.32 Å². The minimum atomic E-state index is -3.64. The molecule has 2 aromatic carbocycles. The van der Waals surface area contributed by atoms with Crippen LogP contribution in [0, 0.1) is 0 Å². The van der Waals surface area contributed by atoms with E-state index in [0.29, 0.717) is 11.4 Å². The predicted octanol–water partition coefficient (Wildman–Crippen LogP) is 2.56. The van der Waals surface area contributed by atoms with Crippen molar-refractivity contribution < 1.29 is 22.7 Å². The molecule has 0 saturated heterocycles. The van der Waals surface area contributed by atoms with Crippen molar-refractivity contribution in [2.45, 2.75) is 26.5 Å². The standard InChI is InChI=1S/C20H26N2O5S/c1-15(2)27-19-10-5-7-16(11-19)13-21-20(23)14-22(28(4,24)25)17-8-6-9-18(12-17)26-3/h5-12,15H,13-14H2,1-4H3,(H,21,23). The smallest absolute Gasteiger partial charge is 0.241 e. The molecular formula is C20H26N2O5S. The Morgan fingerprint density at radius 3 is 2.43 bits per heavy atom. The molecule has 0 fully saturated rings. The molecule has 0 heterocycles. The van der Waals surface area contributed by atoms with Crippen molar-refractivity contribution in [3.63, 3.8) is 0 Å². The molecule has 0 aromatic heterocycles. The van der Waals surface area contributed by atoms with Crippen LogP contribution in [-0.4, -0.2) is 40.3 Å². The second-order valence-electron chi connectivity index (χ2n) is 6.56. The van der Waals surface area contributed by atoms with Crippen LogP contribution in [0.25, 0.3) is 0 Å². The van der Waals surface area contributed by atoms with Crippen LogP contribution in [0.4, 0.5) is 5.69 Å². The summed E-state index contributed by atoms with van der Waals surface area (Å²) in [6.07, 6.45) is 1.11. The molecule has 2 rings (SSSR count). The van der Waals surface area contributed by atoms with Crippen LogP contribution < -0.4 is 19.1 Å². The normalized spacial score (nSPS) is 11.2. The van der Waals surface area contributed by atoms with Crippen molar-refractivity contribution in [3.8, 4) is 11.5 Å². The maximum atomic E-state index is 12.4. The number of nitrogens with zero attached hydrogens (tertiary/aromatic N) is 1. The molecule has 0 spiro atoms. The van der Waals surface area contributed by atoms with Gasteiger partial charge in [0.05, 0.1) is 25.2 Å². The molecule has 1 amide bonds. The van der Waals surface area contributed by atoms with Gasteiger partial charge in [-0.05, 0) is 43.7 Å². The highest BCUT2D eigenvalue weighted by Crippen LogP contribution is 2.23. The number of rotatable bonds is 9. The minimum Gasteiger partial charge on any atom is -0.497 e. The molecule has 0 aliphatic rings. The van der Waals surface area contributed by atoms with Gasteiger partial charge in [0, 0.05) is 12.6 Å². The number of carbonyl (C=O) groups excluding carboxylic acids is 1. The maximum absolute atomic E-state index is 12.4. The average molecular weight is 407 g/mol. The Morgan fingerprint density at radius 1 is 1.11 bits per heavy atom. The number of anilines is 1. The van der Waals surface area contributed by atoms with Gasteiger partial charge < -0.3 is 14.8 Å². The van der Waals surface area contributed by atoms with Gasteiger partial charge in [-0.1, -0.05) is 18.2 Å². The number of amides is 1. The molecular weight excluding hydrogens is 380 g/mol. The molecule has 152 valence electrons. The van der Waals surface area contributed by atoms with E-state index in [2.05, 4.69) is 5.32 Å². The Morgan fingerprint density at radius 2 is 1.79 bits per heavy atom. The number of hydrogen-bond donors (Lipinski definition) is 1. The molecule has 7 nitrogen and oxygen atoms in total. The first kappa shape index (κ1) is 21.6. The number of benzene rings is 2. The van der Waals surface area contributed by atoms with Crippen LogP contribution in [0.1, 0.15) is 19.4 Å². The first-order valence-corrected chi connectivity index (χ1v) is 10.7. The largest absolute Gasteiger partial charge is 0.497 e. The lowest BCUT2D eigenvalue weighted by Crippen LogP contribution is -2.40. The summed E-state index contributed by atoms with van der Waals surface area (Å²) in [5.41, 5.74) is 1.23. The topological polar surface area (TPSA) is 84.9 Å². The second kappa shape index (κ2) is 9.45. The van der Waals surface area contributed by atoms with Gasteiger partial charge in [0.1, 0.15) is 18.0 Å². The lowest BCUT2D eigenvalue weighted by molar-refractivity contribution is -0.119. The van der Waals surface area contributed by atoms with Gasteiger partial charge >= 0.3 is 0 Å². The third-order valence-electron chi connectivity index (χ3n) is 3.79. The number of nitrogens with one attached hydrogen (secondary N) is 1. The van der Waals surface area contributed by atoms with Crippen molar-refractivity contribution in [2.24, 2.45) is 0 Å². The van der Waals surface area contributed by atoms with Gasteiger partial charge in [0.15, 0.2) is 0 Å². The summed E-state index contributed by atoms with van der Waals surface area (Å²) in [4.78, 5) is 12.4. The highest BCUT2D eigenvalue weighted by molar-refractivity contribution is 7.92. The Bertz CT molecular complexity index is 912. The fraction of sp³-hybridized carbons (Fsp3) is 0.350. The molecule has 0 aliphatic heterocycles. The van der Waals surface area contributed by atoms with Gasteiger partial charge in [-0.2, -0.15) is 0 Å². The summed E-state index contributed by atoms with van der Waals surface area (Å²) < 4.78 is 36.2. The summed E-state index contributed by atoms with van der Waals surface area (Å²) in [6, 6.07) is 14.0. The van der Waals surface area contributed by atoms with Crippen LogP contribution in [0.5, 0.6) is 11.5 Å². The summed E-state index contributed by atoms with van der Waals surface area (Å²) in [5.74, 6) is 0.813. The van der Waals surface area contributed by atoms with E-state index in [1.165, 1.54) is 7.11 Å². The Labute approximate surface area is 166 Å². The molecule has 0 unspecified atom stereocenters. The Balaban J connectivity index is 2.06. The van der Waals surface area contributed by atoms with Crippen LogP contribution in [0.3, 0.4) is 0 Å². The second-order valence-corrected chi connectivity index (χ2v) is 8.47. The predicted molar refractivity (Wildman–Crippen MR) is 109 cm³/mol. The number of methoxy groups -OCH3 is 1. The van der Waals surface area contributed by atoms with E-state index in [-0.39, 0.29) is 19.2 Å². The summed E-state index contributed by atoms with van der Waals surface area (Å²) >= 11 is 0. The zero-order chi connectivity index (χ0) is 20.7. The van der Waals surface area contributed by atoms with Crippen LogP contribution >= 0.6 is 0 Å². The van der Waals surface area contributed by atoms with Crippen molar-refractivity contribution >= 4 is 21.6 Å². The third kappa shape index (κ3) is 6.45. The van der Waals surface area contributed by atoms with Gasteiger partial charge in [0.25, 0.3) is 0 Å². The van der Waals surface area contributed by atoms with Crippen molar-refractivity contribution in [3.05, 3.63) is 54.1 Å². The molecule has 8 heteroatoms. The zero-order valence-electron chi connectivity index (χ0n) is 16.5. The van der Waals surface area contributed by atoms with Crippen LogP contribution in [0.2, 0.25) is 0 Å². The monoisotopic (exact) mass is 406 g/mol. The number of carbonyl (C=O) groups is 1. The number of hydrogen-bond acceptors (Lipinski definition) is 5. The molecule has 0 radical (unpaired) electrons. The van der Waals surface area contributed by atoms with E-state index in [9.17, 15) is 13.2 Å². The van der Waals surface area contributed by atoms with E-state index >= 15 is 0 Å². The van der Waals surface area contributed by atoms with Gasteiger partial charge in [-0.25, -0.2) is 8.42 Å². The molecule has 2 aromatic rings. The molecule has 0 bridgehead atoms. The Kier molecular flexibility index (Phi) is 7.28. The van der Waals surface area contributed by atoms with E-state index in [1.54, 1.807) is 24.3 Å². The molecule has 0 aliphatic carbocycles. The van der Waals surface area contributed by atoms with Gasteiger partial charge in [0.2, 0.25) is 15.9 Å². The molecule has 1 N–H and O–H groups in total. The van der Waals surface area contributed by atoms with E-state index < -0.39 is 15.9 Å². The first-order valence-electron chi connectivity index (χ1n) is 8.83. The minimum absolute atomic E-state index is 0.0519. The van der Waals surface area contributed by atoms with Gasteiger partial charge in [-0.3, -0.25) is 9.10 Å². The summed E-state index contributed by atoms with van der Waals surface area (Å²) in [5, 5.41) is 2.75. The zero-order valence-corrected chi connectivity index (χ0v) is 17.3. The maximum Gasteiger partial charge on any atom is 0.241 e. The molecule has 0 saturated carbocycles. The SMILES string of the molecule is COc1cccc(N(CC(=O)NCc2cccc(OC(C)C)c2)S(C)(=O)=O)c1. The fourth-order valence-electron chi connectivity index (χ4n) is 2.55. The van der Waals surface area contributed by atoms with Crippen molar-refractivity contribution in [1.29, 1.82) is 0 Å². The lowest BCUT2D eigenvalue weighted by atomic mass is 10.2. The van der Waals surface area contributed by atoms with Gasteiger partial charge in [-0.15, -0.1) is 0 Å². The molecule has 28 heavy (non-hydrogen) atoms. The third-order valence-corrected chi connectivity index (χ3v) is 4.93. The lowest BCUT2D eigenvalue weighted by Gasteiger charge is -2.22. The van der Waals surface area contributed by atoms with Crippen LogP contribution in [0.15, 0.2) is 48.5 Å². The number of sulfonamides is 1.